The molecule has 4 atom stereocenters. The average molecular weight is 297 g/mol. The summed E-state index contributed by atoms with van der Waals surface area (Å²) in [5, 5.41) is 3.82. The van der Waals surface area contributed by atoms with Crippen LogP contribution in [0.15, 0.2) is 0 Å². The molecule has 4 unspecified atom stereocenters. The van der Waals surface area contributed by atoms with Crippen LogP contribution in [-0.2, 0) is 0 Å². The lowest BCUT2D eigenvalue weighted by atomic mass is 9.76. The Morgan fingerprint density at radius 1 is 1.19 bits per heavy atom. The van der Waals surface area contributed by atoms with Gasteiger partial charge >= 0.3 is 0 Å². The lowest BCUT2D eigenvalue weighted by Gasteiger charge is -2.42. The molecule has 1 aliphatic rings. The molecule has 2 heteroatoms. The topological polar surface area (TPSA) is 15.3 Å². The second-order valence-corrected chi connectivity index (χ2v) is 8.39. The van der Waals surface area contributed by atoms with E-state index >= 15 is 0 Å². The van der Waals surface area contributed by atoms with Crippen LogP contribution >= 0.6 is 0 Å². The van der Waals surface area contributed by atoms with Gasteiger partial charge < -0.3 is 10.2 Å². The predicted octanol–water partition coefficient (Wildman–Crippen LogP) is 4.55. The maximum Gasteiger partial charge on any atom is 0.0112 e. The highest BCUT2D eigenvalue weighted by molar-refractivity contribution is 4.88. The summed E-state index contributed by atoms with van der Waals surface area (Å²) in [4.78, 5) is 2.60. The largest absolute Gasteiger partial charge is 0.314 e. The van der Waals surface area contributed by atoms with Gasteiger partial charge in [-0.05, 0) is 63.5 Å². The molecule has 0 bridgehead atoms. The van der Waals surface area contributed by atoms with Crippen LogP contribution in [0.25, 0.3) is 0 Å². The second-order valence-electron chi connectivity index (χ2n) is 8.39. The molecule has 0 aliphatic heterocycles. The third-order valence-electron chi connectivity index (χ3n) is 5.76. The highest BCUT2D eigenvalue weighted by Crippen LogP contribution is 2.33. The Morgan fingerprint density at radius 2 is 1.86 bits per heavy atom. The number of nitrogens with zero attached hydrogens (tertiary/aromatic N) is 1. The van der Waals surface area contributed by atoms with Crippen molar-refractivity contribution >= 4 is 0 Å². The van der Waals surface area contributed by atoms with Gasteiger partial charge in [-0.25, -0.2) is 0 Å². The van der Waals surface area contributed by atoms with Crippen LogP contribution < -0.4 is 5.32 Å². The summed E-state index contributed by atoms with van der Waals surface area (Å²) in [6, 6.07) is 1.37. The first kappa shape index (κ1) is 19.0. The van der Waals surface area contributed by atoms with Gasteiger partial charge in [-0.1, -0.05) is 41.0 Å². The Hall–Kier alpha value is -0.0800. The standard InChI is InChI=1S/C19H40N2/c1-8-12-20-18-11-10-16(9-2)13-17(18)14-21(7)15(3)19(4,5)6/h15-18,20H,8-14H2,1-7H3. The van der Waals surface area contributed by atoms with Crippen molar-refractivity contribution in [3.63, 3.8) is 0 Å². The Balaban J connectivity index is 2.64. The van der Waals surface area contributed by atoms with Gasteiger partial charge in [0.1, 0.15) is 0 Å². The van der Waals surface area contributed by atoms with Gasteiger partial charge in [0.2, 0.25) is 0 Å². The molecule has 2 nitrogen and oxygen atoms in total. The monoisotopic (exact) mass is 296 g/mol. The van der Waals surface area contributed by atoms with Gasteiger partial charge in [0.25, 0.3) is 0 Å². The van der Waals surface area contributed by atoms with Crippen molar-refractivity contribution in [1.82, 2.24) is 10.2 Å². The van der Waals surface area contributed by atoms with Crippen molar-refractivity contribution in [3.8, 4) is 0 Å². The number of hydrogen-bond donors (Lipinski definition) is 1. The summed E-state index contributed by atoms with van der Waals surface area (Å²) in [6.07, 6.45) is 6.82. The Kier molecular flexibility index (Phi) is 7.70. The molecular formula is C19H40N2. The third-order valence-corrected chi connectivity index (χ3v) is 5.76. The molecule has 1 fully saturated rings. The van der Waals surface area contributed by atoms with Crippen LogP contribution in [0.1, 0.15) is 73.6 Å². The molecule has 1 saturated carbocycles. The normalized spacial score (nSPS) is 28.9. The summed E-state index contributed by atoms with van der Waals surface area (Å²) < 4.78 is 0. The van der Waals surface area contributed by atoms with Gasteiger partial charge in [-0.2, -0.15) is 0 Å². The van der Waals surface area contributed by atoms with E-state index in [1.54, 1.807) is 0 Å². The van der Waals surface area contributed by atoms with Crippen molar-refractivity contribution in [1.29, 1.82) is 0 Å². The summed E-state index contributed by atoms with van der Waals surface area (Å²) in [5.74, 6) is 1.78. The van der Waals surface area contributed by atoms with Crippen LogP contribution in [0, 0.1) is 17.3 Å². The minimum absolute atomic E-state index is 0.361. The van der Waals surface area contributed by atoms with Crippen molar-refractivity contribution in [2.45, 2.75) is 85.7 Å². The molecule has 0 spiro atoms. The third kappa shape index (κ3) is 5.90. The Morgan fingerprint density at radius 3 is 2.38 bits per heavy atom. The number of rotatable bonds is 7. The SMILES string of the molecule is CCCNC1CCC(CC)CC1CN(C)C(C)C(C)(C)C. The first-order chi connectivity index (χ1) is 9.79. The minimum atomic E-state index is 0.361. The van der Waals surface area contributed by atoms with Crippen molar-refractivity contribution in [2.75, 3.05) is 20.1 Å². The average Bonchev–Trinajstić information content (AvgIpc) is 2.43. The molecular weight excluding hydrogens is 256 g/mol. The zero-order valence-corrected chi connectivity index (χ0v) is 15.7. The zero-order valence-electron chi connectivity index (χ0n) is 15.7. The molecule has 0 aromatic carbocycles. The highest BCUT2D eigenvalue weighted by atomic mass is 15.1. The van der Waals surface area contributed by atoms with Crippen LogP contribution in [-0.4, -0.2) is 37.1 Å². The lowest BCUT2D eigenvalue weighted by molar-refractivity contribution is 0.0883. The molecule has 0 saturated heterocycles. The van der Waals surface area contributed by atoms with Crippen molar-refractivity contribution in [3.05, 3.63) is 0 Å². The summed E-state index contributed by atoms with van der Waals surface area (Å²) in [7, 11) is 2.32. The van der Waals surface area contributed by atoms with Crippen LogP contribution in [0.5, 0.6) is 0 Å². The first-order valence-electron chi connectivity index (χ1n) is 9.23. The van der Waals surface area contributed by atoms with Gasteiger partial charge in [-0.15, -0.1) is 0 Å². The quantitative estimate of drug-likeness (QED) is 0.741. The maximum absolute atomic E-state index is 3.82. The van der Waals surface area contributed by atoms with Crippen LogP contribution in [0.4, 0.5) is 0 Å². The van der Waals surface area contributed by atoms with E-state index in [1.165, 1.54) is 45.2 Å². The van der Waals surface area contributed by atoms with E-state index in [4.69, 9.17) is 0 Å². The Labute approximate surface area is 134 Å². The van der Waals surface area contributed by atoms with E-state index in [9.17, 15) is 0 Å². The predicted molar refractivity (Wildman–Crippen MR) is 94.8 cm³/mol. The molecule has 21 heavy (non-hydrogen) atoms. The smallest absolute Gasteiger partial charge is 0.0112 e. The fraction of sp³-hybridized carbons (Fsp3) is 1.00. The summed E-state index contributed by atoms with van der Waals surface area (Å²) in [5.41, 5.74) is 0.361. The van der Waals surface area contributed by atoms with E-state index < -0.39 is 0 Å². The molecule has 1 N–H and O–H groups in total. The summed E-state index contributed by atoms with van der Waals surface area (Å²) >= 11 is 0. The second kappa shape index (κ2) is 8.53. The molecule has 0 amide bonds. The first-order valence-corrected chi connectivity index (χ1v) is 9.23. The van der Waals surface area contributed by atoms with E-state index in [2.05, 4.69) is 58.8 Å². The van der Waals surface area contributed by atoms with Crippen molar-refractivity contribution in [2.24, 2.45) is 17.3 Å². The fourth-order valence-corrected chi connectivity index (χ4v) is 3.72. The fourth-order valence-electron chi connectivity index (χ4n) is 3.72. The molecule has 1 rings (SSSR count). The van der Waals surface area contributed by atoms with Gasteiger partial charge in [-0.3, -0.25) is 0 Å². The highest BCUT2D eigenvalue weighted by Gasteiger charge is 2.32. The van der Waals surface area contributed by atoms with E-state index in [1.807, 2.05) is 0 Å². The lowest BCUT2D eigenvalue weighted by Crippen LogP contribution is -2.49. The summed E-state index contributed by atoms with van der Waals surface area (Å²) in [6.45, 7) is 16.5. The van der Waals surface area contributed by atoms with Crippen LogP contribution in [0.3, 0.4) is 0 Å². The molecule has 126 valence electrons. The maximum atomic E-state index is 3.82. The molecule has 1 aliphatic carbocycles. The zero-order chi connectivity index (χ0) is 16.0. The molecule has 0 aromatic heterocycles. The number of hydrogen-bond acceptors (Lipinski definition) is 2. The minimum Gasteiger partial charge on any atom is -0.314 e. The van der Waals surface area contributed by atoms with E-state index in [0.717, 1.165) is 17.9 Å². The number of nitrogens with one attached hydrogen (secondary N) is 1. The van der Waals surface area contributed by atoms with Gasteiger partial charge in [0.05, 0.1) is 0 Å². The van der Waals surface area contributed by atoms with Crippen LogP contribution in [0.2, 0.25) is 0 Å². The van der Waals surface area contributed by atoms with Gasteiger partial charge in [0, 0.05) is 18.6 Å². The van der Waals surface area contributed by atoms with E-state index in [0.29, 0.717) is 11.5 Å². The molecule has 0 heterocycles. The molecule has 0 aromatic rings. The van der Waals surface area contributed by atoms with Gasteiger partial charge in [0.15, 0.2) is 0 Å². The Bertz CT molecular complexity index is 282. The van der Waals surface area contributed by atoms with E-state index in [-0.39, 0.29) is 0 Å². The van der Waals surface area contributed by atoms with Crippen molar-refractivity contribution < 1.29 is 0 Å². The molecule has 0 radical (unpaired) electrons.